The van der Waals surface area contributed by atoms with Crippen LogP contribution < -0.4 is 0 Å². The van der Waals surface area contributed by atoms with Crippen molar-refractivity contribution in [2.24, 2.45) is 17.8 Å². The van der Waals surface area contributed by atoms with Crippen LogP contribution >= 0.6 is 0 Å². The molecule has 2 unspecified atom stereocenters. The Balaban J connectivity index is 3.82. The van der Waals surface area contributed by atoms with Crippen molar-refractivity contribution in [3.63, 3.8) is 0 Å². The molecule has 0 rings (SSSR count). The molecule has 0 aromatic rings. The highest BCUT2D eigenvalue weighted by Gasteiger charge is 2.16. The molecule has 1 nitrogen and oxygen atoms in total. The Morgan fingerprint density at radius 1 is 0.773 bits per heavy atom. The van der Waals surface area contributed by atoms with E-state index in [2.05, 4.69) is 41.2 Å². The summed E-state index contributed by atoms with van der Waals surface area (Å²) < 4.78 is 6.22. The summed E-state index contributed by atoms with van der Waals surface area (Å²) in [6, 6.07) is 0. The Morgan fingerprint density at radius 2 is 1.36 bits per heavy atom. The molecule has 22 heavy (non-hydrogen) atoms. The quantitative estimate of drug-likeness (QED) is 0.233. The van der Waals surface area contributed by atoms with E-state index in [1.165, 1.54) is 57.8 Å². The predicted octanol–water partition coefficient (Wildman–Crippen LogP) is 7.02. The molecule has 2 atom stereocenters. The normalized spacial score (nSPS) is 14.5. The fourth-order valence-electron chi connectivity index (χ4n) is 3.28. The SMILES string of the molecule is C=CCCCCCCCOC(CC(C)C)CC(C)CC(C)C. The Bertz CT molecular complexity index is 244. The van der Waals surface area contributed by atoms with Gasteiger partial charge in [0.25, 0.3) is 0 Å². The van der Waals surface area contributed by atoms with Crippen molar-refractivity contribution in [3.8, 4) is 0 Å². The summed E-state index contributed by atoms with van der Waals surface area (Å²) in [7, 11) is 0. The van der Waals surface area contributed by atoms with Gasteiger partial charge in [0, 0.05) is 6.61 Å². The zero-order valence-corrected chi connectivity index (χ0v) is 16.1. The van der Waals surface area contributed by atoms with E-state index in [1.807, 2.05) is 6.08 Å². The van der Waals surface area contributed by atoms with Crippen molar-refractivity contribution in [1.82, 2.24) is 0 Å². The molecule has 1 heteroatoms. The smallest absolute Gasteiger partial charge is 0.0580 e. The molecule has 0 radical (unpaired) electrons. The van der Waals surface area contributed by atoms with Crippen molar-refractivity contribution in [2.45, 2.75) is 98.5 Å². The minimum absolute atomic E-state index is 0.467. The topological polar surface area (TPSA) is 9.23 Å². The molecule has 0 aromatic heterocycles. The third-order valence-corrected chi connectivity index (χ3v) is 4.18. The predicted molar refractivity (Wildman–Crippen MR) is 100 cm³/mol. The summed E-state index contributed by atoms with van der Waals surface area (Å²) in [5, 5.41) is 0. The molecular weight excluding hydrogens is 268 g/mol. The number of hydrogen-bond donors (Lipinski definition) is 0. The first-order valence-electron chi connectivity index (χ1n) is 9.68. The number of allylic oxidation sites excluding steroid dienone is 1. The first-order chi connectivity index (χ1) is 10.5. The number of ether oxygens (including phenoxy) is 1. The van der Waals surface area contributed by atoms with E-state index in [0.717, 1.165) is 24.4 Å². The molecule has 0 aliphatic heterocycles. The molecule has 0 saturated heterocycles. The molecule has 132 valence electrons. The second-order valence-corrected chi connectivity index (χ2v) is 7.94. The zero-order chi connectivity index (χ0) is 16.8. The van der Waals surface area contributed by atoms with Crippen LogP contribution in [0, 0.1) is 17.8 Å². The fourth-order valence-corrected chi connectivity index (χ4v) is 3.28. The molecule has 0 bridgehead atoms. The van der Waals surface area contributed by atoms with Gasteiger partial charge in [-0.15, -0.1) is 6.58 Å². The molecular formula is C21H42O. The molecule has 0 saturated carbocycles. The van der Waals surface area contributed by atoms with Gasteiger partial charge >= 0.3 is 0 Å². The van der Waals surface area contributed by atoms with Gasteiger partial charge in [-0.1, -0.05) is 60.0 Å². The van der Waals surface area contributed by atoms with Crippen molar-refractivity contribution >= 4 is 0 Å². The van der Waals surface area contributed by atoms with Crippen LogP contribution in [-0.4, -0.2) is 12.7 Å². The van der Waals surface area contributed by atoms with Crippen molar-refractivity contribution in [1.29, 1.82) is 0 Å². The van der Waals surface area contributed by atoms with E-state index in [1.54, 1.807) is 0 Å². The van der Waals surface area contributed by atoms with Crippen LogP contribution in [0.2, 0.25) is 0 Å². The van der Waals surface area contributed by atoms with Crippen molar-refractivity contribution < 1.29 is 4.74 Å². The number of unbranched alkanes of at least 4 members (excludes halogenated alkanes) is 5. The van der Waals surface area contributed by atoms with E-state index < -0.39 is 0 Å². The average molecular weight is 311 g/mol. The maximum absolute atomic E-state index is 6.22. The van der Waals surface area contributed by atoms with Crippen LogP contribution in [0.1, 0.15) is 92.4 Å². The van der Waals surface area contributed by atoms with E-state index in [4.69, 9.17) is 4.74 Å². The molecule has 0 N–H and O–H groups in total. The molecule has 0 aromatic carbocycles. The summed E-state index contributed by atoms with van der Waals surface area (Å²) in [5.41, 5.74) is 0. The Hall–Kier alpha value is -0.300. The minimum Gasteiger partial charge on any atom is -0.378 e. The van der Waals surface area contributed by atoms with Gasteiger partial charge < -0.3 is 4.74 Å². The average Bonchev–Trinajstić information content (AvgIpc) is 2.39. The van der Waals surface area contributed by atoms with Crippen molar-refractivity contribution in [3.05, 3.63) is 12.7 Å². The van der Waals surface area contributed by atoms with E-state index in [9.17, 15) is 0 Å². The number of hydrogen-bond acceptors (Lipinski definition) is 1. The van der Waals surface area contributed by atoms with Gasteiger partial charge in [-0.05, 0) is 56.3 Å². The Morgan fingerprint density at radius 3 is 1.95 bits per heavy atom. The highest BCUT2D eigenvalue weighted by molar-refractivity contribution is 4.67. The molecule has 0 fully saturated rings. The first kappa shape index (κ1) is 21.7. The van der Waals surface area contributed by atoms with Crippen LogP contribution in [0.3, 0.4) is 0 Å². The van der Waals surface area contributed by atoms with Gasteiger partial charge in [-0.3, -0.25) is 0 Å². The van der Waals surface area contributed by atoms with E-state index in [0.29, 0.717) is 6.10 Å². The molecule has 0 amide bonds. The Labute approximate surface area is 140 Å². The second kappa shape index (κ2) is 14.3. The van der Waals surface area contributed by atoms with E-state index in [-0.39, 0.29) is 0 Å². The van der Waals surface area contributed by atoms with Gasteiger partial charge in [0.15, 0.2) is 0 Å². The van der Waals surface area contributed by atoms with Crippen LogP contribution in [0.4, 0.5) is 0 Å². The summed E-state index contributed by atoms with van der Waals surface area (Å²) in [4.78, 5) is 0. The van der Waals surface area contributed by atoms with Gasteiger partial charge in [-0.25, -0.2) is 0 Å². The second-order valence-electron chi connectivity index (χ2n) is 7.94. The molecule has 0 spiro atoms. The standard InChI is InChI=1S/C21H42O/c1-7-8-9-10-11-12-13-14-22-21(16-19(4)5)17-20(6)15-18(2)3/h7,18-21H,1,8-17H2,2-6H3. The van der Waals surface area contributed by atoms with E-state index >= 15 is 0 Å². The summed E-state index contributed by atoms with van der Waals surface area (Å²) >= 11 is 0. The number of rotatable bonds is 15. The first-order valence-corrected chi connectivity index (χ1v) is 9.68. The Kier molecular flexibility index (Phi) is 14.1. The van der Waals surface area contributed by atoms with Gasteiger partial charge in [0.05, 0.1) is 6.10 Å². The minimum atomic E-state index is 0.467. The highest BCUT2D eigenvalue weighted by Crippen LogP contribution is 2.22. The van der Waals surface area contributed by atoms with Gasteiger partial charge in [-0.2, -0.15) is 0 Å². The molecule has 0 aliphatic rings. The van der Waals surface area contributed by atoms with Crippen LogP contribution in [0.5, 0.6) is 0 Å². The van der Waals surface area contributed by atoms with Crippen LogP contribution in [0.25, 0.3) is 0 Å². The highest BCUT2D eigenvalue weighted by atomic mass is 16.5. The third-order valence-electron chi connectivity index (χ3n) is 4.18. The lowest BCUT2D eigenvalue weighted by atomic mass is 9.91. The van der Waals surface area contributed by atoms with Crippen LogP contribution in [0.15, 0.2) is 12.7 Å². The molecule has 0 heterocycles. The third kappa shape index (κ3) is 14.6. The summed E-state index contributed by atoms with van der Waals surface area (Å²) in [6.45, 7) is 16.4. The largest absolute Gasteiger partial charge is 0.378 e. The monoisotopic (exact) mass is 310 g/mol. The van der Waals surface area contributed by atoms with Gasteiger partial charge in [0.2, 0.25) is 0 Å². The van der Waals surface area contributed by atoms with Crippen molar-refractivity contribution in [2.75, 3.05) is 6.61 Å². The maximum atomic E-state index is 6.22. The summed E-state index contributed by atoms with van der Waals surface area (Å²) in [5.74, 6) is 2.31. The van der Waals surface area contributed by atoms with Crippen LogP contribution in [-0.2, 0) is 4.74 Å². The lowest BCUT2D eigenvalue weighted by molar-refractivity contribution is 0.0203. The summed E-state index contributed by atoms with van der Waals surface area (Å²) in [6.07, 6.45) is 13.9. The zero-order valence-electron chi connectivity index (χ0n) is 16.1. The lowest BCUT2D eigenvalue weighted by Crippen LogP contribution is -2.20. The van der Waals surface area contributed by atoms with Gasteiger partial charge in [0.1, 0.15) is 0 Å². The molecule has 0 aliphatic carbocycles. The lowest BCUT2D eigenvalue weighted by Gasteiger charge is -2.24. The maximum Gasteiger partial charge on any atom is 0.0580 e. The fraction of sp³-hybridized carbons (Fsp3) is 0.905.